The van der Waals surface area contributed by atoms with Crippen LogP contribution in [-0.4, -0.2) is 23.4 Å². The van der Waals surface area contributed by atoms with Crippen LogP contribution >= 0.6 is 11.3 Å². The largest absolute Gasteiger partial charge is 0.507 e. The minimum absolute atomic E-state index is 0.0824. The van der Waals surface area contributed by atoms with Crippen LogP contribution in [0.3, 0.4) is 0 Å². The van der Waals surface area contributed by atoms with Gasteiger partial charge >= 0.3 is 0 Å². The van der Waals surface area contributed by atoms with Crippen LogP contribution in [0.1, 0.15) is 48.7 Å². The van der Waals surface area contributed by atoms with E-state index < -0.39 is 17.7 Å². The summed E-state index contributed by atoms with van der Waals surface area (Å²) in [6.07, 6.45) is 0. The highest BCUT2D eigenvalue weighted by Crippen LogP contribution is 2.43. The molecule has 0 aliphatic carbocycles. The van der Waals surface area contributed by atoms with Gasteiger partial charge in [-0.25, -0.2) is 0 Å². The van der Waals surface area contributed by atoms with Gasteiger partial charge in [0.2, 0.25) is 0 Å². The molecule has 1 saturated heterocycles. The molecule has 0 bridgehead atoms. The molecule has 6 heteroatoms. The van der Waals surface area contributed by atoms with Crippen molar-refractivity contribution in [2.45, 2.75) is 32.7 Å². The van der Waals surface area contributed by atoms with E-state index in [2.05, 4.69) is 13.8 Å². The Morgan fingerprint density at radius 2 is 1.84 bits per heavy atom. The lowest BCUT2D eigenvalue weighted by atomic mass is 9.99. The maximum atomic E-state index is 13.2. The van der Waals surface area contributed by atoms with Gasteiger partial charge in [-0.05, 0) is 54.1 Å². The second-order valence-electron chi connectivity index (χ2n) is 7.89. The van der Waals surface area contributed by atoms with Crippen molar-refractivity contribution >= 4 is 34.5 Å². The molecule has 3 aromatic rings. The van der Waals surface area contributed by atoms with E-state index in [1.165, 1.54) is 16.2 Å². The van der Waals surface area contributed by atoms with Gasteiger partial charge in [-0.2, -0.15) is 0 Å². The average molecular weight is 448 g/mol. The minimum atomic E-state index is -0.698. The number of Topliss-reactive ketones (excluding diaryl/α,β-unsaturated/α-hetero) is 1. The number of aliphatic hydroxyl groups excluding tert-OH is 1. The van der Waals surface area contributed by atoms with Crippen molar-refractivity contribution in [3.8, 4) is 5.75 Å². The molecule has 1 amide bonds. The Bertz CT molecular complexity index is 1160. The Morgan fingerprint density at radius 1 is 1.09 bits per heavy atom. The second-order valence-corrected chi connectivity index (χ2v) is 8.87. The molecule has 0 spiro atoms. The molecular weight excluding hydrogens is 422 g/mol. The highest BCUT2D eigenvalue weighted by Gasteiger charge is 2.47. The molecule has 1 aliphatic heterocycles. The number of thiophene rings is 1. The van der Waals surface area contributed by atoms with Crippen LogP contribution in [0.2, 0.25) is 0 Å². The number of amides is 1. The van der Waals surface area contributed by atoms with E-state index >= 15 is 0 Å². The molecule has 1 aromatic heterocycles. The summed E-state index contributed by atoms with van der Waals surface area (Å²) in [4.78, 5) is 28.6. The van der Waals surface area contributed by atoms with E-state index in [9.17, 15) is 14.7 Å². The summed E-state index contributed by atoms with van der Waals surface area (Å²) >= 11 is 1.44. The molecule has 164 valence electrons. The number of rotatable bonds is 6. The molecule has 1 fully saturated rings. The van der Waals surface area contributed by atoms with Gasteiger partial charge < -0.3 is 9.84 Å². The zero-order valence-corrected chi connectivity index (χ0v) is 19.1. The van der Waals surface area contributed by atoms with Gasteiger partial charge in [0.05, 0.1) is 12.2 Å². The quantitative estimate of drug-likeness (QED) is 0.290. The average Bonchev–Trinajstić information content (AvgIpc) is 3.41. The van der Waals surface area contributed by atoms with E-state index in [0.29, 0.717) is 29.5 Å². The first kappa shape index (κ1) is 21.8. The van der Waals surface area contributed by atoms with Crippen molar-refractivity contribution in [3.05, 3.63) is 87.6 Å². The third-order valence-electron chi connectivity index (χ3n) is 5.51. The van der Waals surface area contributed by atoms with Crippen LogP contribution in [0.5, 0.6) is 5.75 Å². The number of carbonyl (C=O) groups excluding carboxylic acids is 2. The van der Waals surface area contributed by atoms with Crippen LogP contribution in [0.15, 0.2) is 71.6 Å². The lowest BCUT2D eigenvalue weighted by Crippen LogP contribution is -2.29. The summed E-state index contributed by atoms with van der Waals surface area (Å²) in [5.74, 6) is -0.614. The summed E-state index contributed by atoms with van der Waals surface area (Å²) in [5, 5.41) is 13.1. The molecule has 0 saturated carbocycles. The van der Waals surface area contributed by atoms with E-state index in [0.717, 1.165) is 10.4 Å². The summed E-state index contributed by atoms with van der Waals surface area (Å²) in [6.45, 7) is 6.56. The van der Waals surface area contributed by atoms with Gasteiger partial charge in [-0.1, -0.05) is 44.2 Å². The first-order valence-corrected chi connectivity index (χ1v) is 11.5. The third kappa shape index (κ3) is 3.94. The highest BCUT2D eigenvalue weighted by atomic mass is 32.1. The van der Waals surface area contributed by atoms with Gasteiger partial charge in [0.15, 0.2) is 0 Å². The molecule has 1 atom stereocenters. The van der Waals surface area contributed by atoms with E-state index in [-0.39, 0.29) is 11.3 Å². The fraction of sp³-hybridized carbons (Fsp3) is 0.231. The van der Waals surface area contributed by atoms with Gasteiger partial charge in [0.25, 0.3) is 11.7 Å². The van der Waals surface area contributed by atoms with Gasteiger partial charge in [0.1, 0.15) is 17.6 Å². The summed E-state index contributed by atoms with van der Waals surface area (Å²) < 4.78 is 5.53. The normalized spacial score (nSPS) is 17.9. The number of nitrogens with zero attached hydrogens (tertiary/aromatic N) is 1. The zero-order valence-electron chi connectivity index (χ0n) is 18.2. The van der Waals surface area contributed by atoms with Crippen molar-refractivity contribution in [2.24, 2.45) is 0 Å². The molecule has 32 heavy (non-hydrogen) atoms. The van der Waals surface area contributed by atoms with Crippen LogP contribution < -0.4 is 9.64 Å². The Labute approximate surface area is 191 Å². The predicted octanol–water partition coefficient (Wildman–Crippen LogP) is 5.90. The van der Waals surface area contributed by atoms with Crippen molar-refractivity contribution in [1.82, 2.24) is 0 Å². The maximum absolute atomic E-state index is 13.2. The fourth-order valence-corrected chi connectivity index (χ4v) is 4.71. The first-order valence-electron chi connectivity index (χ1n) is 10.6. The van der Waals surface area contributed by atoms with Crippen LogP contribution in [-0.2, 0) is 9.59 Å². The van der Waals surface area contributed by atoms with Crippen molar-refractivity contribution < 1.29 is 19.4 Å². The Kier molecular flexibility index (Phi) is 6.15. The van der Waals surface area contributed by atoms with Gasteiger partial charge in [-0.15, -0.1) is 11.3 Å². The summed E-state index contributed by atoms with van der Waals surface area (Å²) in [6, 6.07) is 17.6. The number of hydrogen-bond donors (Lipinski definition) is 1. The van der Waals surface area contributed by atoms with Gasteiger partial charge in [0, 0.05) is 16.1 Å². The molecular formula is C26H25NO4S. The first-order chi connectivity index (χ1) is 15.4. The molecule has 2 heterocycles. The zero-order chi connectivity index (χ0) is 22.8. The molecule has 2 aromatic carbocycles. The number of hydrogen-bond acceptors (Lipinski definition) is 5. The van der Waals surface area contributed by atoms with E-state index in [1.807, 2.05) is 48.7 Å². The number of benzene rings is 2. The number of anilines is 1. The highest BCUT2D eigenvalue weighted by molar-refractivity contribution is 7.10. The summed E-state index contributed by atoms with van der Waals surface area (Å²) in [7, 11) is 0. The van der Waals surface area contributed by atoms with Crippen LogP contribution in [0, 0.1) is 0 Å². The van der Waals surface area contributed by atoms with Crippen LogP contribution in [0.4, 0.5) is 5.69 Å². The minimum Gasteiger partial charge on any atom is -0.507 e. The number of ether oxygens (including phenoxy) is 1. The number of ketones is 1. The van der Waals surface area contributed by atoms with Crippen molar-refractivity contribution in [2.75, 3.05) is 11.5 Å². The molecule has 4 rings (SSSR count). The molecule has 1 unspecified atom stereocenters. The van der Waals surface area contributed by atoms with E-state index in [1.54, 1.807) is 24.3 Å². The Hall–Kier alpha value is -3.38. The predicted molar refractivity (Wildman–Crippen MR) is 127 cm³/mol. The maximum Gasteiger partial charge on any atom is 0.300 e. The molecule has 1 aliphatic rings. The number of carbonyl (C=O) groups is 2. The number of aliphatic hydroxyl groups is 1. The fourth-order valence-electron chi connectivity index (χ4n) is 3.89. The summed E-state index contributed by atoms with van der Waals surface area (Å²) in [5.41, 5.74) is 2.28. The Balaban J connectivity index is 1.85. The van der Waals surface area contributed by atoms with E-state index in [4.69, 9.17) is 4.74 Å². The third-order valence-corrected chi connectivity index (χ3v) is 6.44. The lowest BCUT2D eigenvalue weighted by Gasteiger charge is -2.24. The topological polar surface area (TPSA) is 66.8 Å². The van der Waals surface area contributed by atoms with Gasteiger partial charge in [-0.3, -0.25) is 14.5 Å². The molecule has 5 nitrogen and oxygen atoms in total. The molecule has 1 N–H and O–H groups in total. The lowest BCUT2D eigenvalue weighted by molar-refractivity contribution is -0.132. The standard InChI is InChI=1S/C26H25NO4S/c1-4-31-20-8-5-7-18(15-20)24(28)22-23(21-9-6-14-32-21)27(26(30)25(22)29)19-12-10-17(11-13-19)16(2)3/h5-16,23,28H,4H2,1-3H3/b24-22-. The SMILES string of the molecule is CCOc1cccc(/C(O)=C2/C(=O)C(=O)N(c3ccc(C(C)C)cc3)C2c2cccs2)c1. The monoisotopic (exact) mass is 447 g/mol. The second kappa shape index (κ2) is 9.01. The van der Waals surface area contributed by atoms with Crippen LogP contribution in [0.25, 0.3) is 5.76 Å². The van der Waals surface area contributed by atoms with Crippen molar-refractivity contribution in [1.29, 1.82) is 0 Å². The Morgan fingerprint density at radius 3 is 2.47 bits per heavy atom. The van der Waals surface area contributed by atoms with Crippen molar-refractivity contribution in [3.63, 3.8) is 0 Å². The molecule has 0 radical (unpaired) electrons. The smallest absolute Gasteiger partial charge is 0.300 e.